The van der Waals surface area contributed by atoms with E-state index in [1.807, 2.05) is 0 Å². The van der Waals surface area contributed by atoms with Gasteiger partial charge in [-0.1, -0.05) is 26.2 Å². The number of rotatable bonds is 9. The molecule has 1 unspecified atom stereocenters. The third-order valence-electron chi connectivity index (χ3n) is 2.05. The van der Waals surface area contributed by atoms with Crippen molar-refractivity contribution < 1.29 is 10.2 Å². The monoisotopic (exact) mass is 189 g/mol. The number of hydrogen-bond acceptors (Lipinski definition) is 3. The molecule has 0 bridgehead atoms. The average molecular weight is 189 g/mol. The van der Waals surface area contributed by atoms with Gasteiger partial charge in [-0.15, -0.1) is 0 Å². The first-order chi connectivity index (χ1) is 6.31. The van der Waals surface area contributed by atoms with E-state index < -0.39 is 0 Å². The number of aliphatic hydroxyl groups is 2. The lowest BCUT2D eigenvalue weighted by Gasteiger charge is -2.11. The molecule has 0 aromatic carbocycles. The maximum absolute atomic E-state index is 9.38. The predicted octanol–water partition coefficient (Wildman–Crippen LogP) is 1.25. The lowest BCUT2D eigenvalue weighted by atomic mass is 10.1. The van der Waals surface area contributed by atoms with Gasteiger partial charge in [-0.05, 0) is 25.8 Å². The Hall–Kier alpha value is -0.120. The van der Waals surface area contributed by atoms with Crippen molar-refractivity contribution in [3.63, 3.8) is 0 Å². The molecule has 13 heavy (non-hydrogen) atoms. The first-order valence-corrected chi connectivity index (χ1v) is 5.33. The Bertz CT molecular complexity index is 98.9. The molecule has 0 heterocycles. The van der Waals surface area contributed by atoms with Crippen molar-refractivity contribution in [3.8, 4) is 0 Å². The van der Waals surface area contributed by atoms with Gasteiger partial charge in [0.1, 0.15) is 6.23 Å². The molecule has 0 aromatic heterocycles. The lowest BCUT2D eigenvalue weighted by Crippen LogP contribution is -2.29. The molecule has 0 aliphatic carbocycles. The van der Waals surface area contributed by atoms with Crippen LogP contribution in [0.2, 0.25) is 0 Å². The molecular formula is C10H23NO2. The average Bonchev–Trinajstić information content (AvgIpc) is 2.13. The van der Waals surface area contributed by atoms with Crippen LogP contribution in [0.15, 0.2) is 0 Å². The SMILES string of the molecule is CCCCCCC(O)NCCCO. The van der Waals surface area contributed by atoms with Gasteiger partial charge in [0.25, 0.3) is 0 Å². The van der Waals surface area contributed by atoms with E-state index in [1.54, 1.807) is 0 Å². The van der Waals surface area contributed by atoms with Crippen LogP contribution in [0.25, 0.3) is 0 Å². The van der Waals surface area contributed by atoms with Crippen molar-refractivity contribution in [2.45, 2.75) is 51.7 Å². The van der Waals surface area contributed by atoms with E-state index in [2.05, 4.69) is 12.2 Å². The van der Waals surface area contributed by atoms with Gasteiger partial charge < -0.3 is 10.2 Å². The maximum atomic E-state index is 9.38. The smallest absolute Gasteiger partial charge is 0.104 e. The Morgan fingerprint density at radius 1 is 1.15 bits per heavy atom. The van der Waals surface area contributed by atoms with E-state index in [9.17, 15) is 5.11 Å². The van der Waals surface area contributed by atoms with Crippen LogP contribution >= 0.6 is 0 Å². The van der Waals surface area contributed by atoms with Crippen LogP contribution in [0.3, 0.4) is 0 Å². The summed E-state index contributed by atoms with van der Waals surface area (Å²) in [5.41, 5.74) is 0. The topological polar surface area (TPSA) is 52.5 Å². The third kappa shape index (κ3) is 9.80. The van der Waals surface area contributed by atoms with Gasteiger partial charge in [-0.2, -0.15) is 0 Å². The van der Waals surface area contributed by atoms with Gasteiger partial charge in [0, 0.05) is 6.61 Å². The Balaban J connectivity index is 3.05. The largest absolute Gasteiger partial charge is 0.396 e. The van der Waals surface area contributed by atoms with Crippen molar-refractivity contribution in [1.29, 1.82) is 0 Å². The van der Waals surface area contributed by atoms with Gasteiger partial charge in [0.2, 0.25) is 0 Å². The van der Waals surface area contributed by atoms with Crippen LogP contribution < -0.4 is 5.32 Å². The normalized spacial score (nSPS) is 13.2. The summed E-state index contributed by atoms with van der Waals surface area (Å²) in [5.74, 6) is 0. The minimum atomic E-state index is -0.386. The summed E-state index contributed by atoms with van der Waals surface area (Å²) in [6.45, 7) is 3.07. The van der Waals surface area contributed by atoms with Gasteiger partial charge in [0.15, 0.2) is 0 Å². The molecule has 3 N–H and O–H groups in total. The summed E-state index contributed by atoms with van der Waals surface area (Å²) in [6, 6.07) is 0. The summed E-state index contributed by atoms with van der Waals surface area (Å²) in [5, 5.41) is 20.8. The molecule has 0 fully saturated rings. The van der Waals surface area contributed by atoms with Crippen LogP contribution in [-0.2, 0) is 0 Å². The highest BCUT2D eigenvalue weighted by molar-refractivity contribution is 4.54. The van der Waals surface area contributed by atoms with Gasteiger partial charge in [-0.3, -0.25) is 5.32 Å². The Kier molecular flexibility index (Phi) is 9.87. The van der Waals surface area contributed by atoms with Crippen LogP contribution in [0.5, 0.6) is 0 Å². The van der Waals surface area contributed by atoms with Crippen LogP contribution in [-0.4, -0.2) is 29.6 Å². The van der Waals surface area contributed by atoms with Gasteiger partial charge in [0.05, 0.1) is 0 Å². The van der Waals surface area contributed by atoms with Crippen molar-refractivity contribution in [1.82, 2.24) is 5.32 Å². The highest BCUT2D eigenvalue weighted by Gasteiger charge is 2.00. The van der Waals surface area contributed by atoms with Crippen molar-refractivity contribution in [2.75, 3.05) is 13.2 Å². The molecule has 3 nitrogen and oxygen atoms in total. The Morgan fingerprint density at radius 3 is 2.54 bits per heavy atom. The second kappa shape index (κ2) is 9.96. The summed E-state index contributed by atoms with van der Waals surface area (Å²) < 4.78 is 0. The zero-order chi connectivity index (χ0) is 9.94. The van der Waals surface area contributed by atoms with Crippen LogP contribution in [0, 0.1) is 0 Å². The number of hydrogen-bond donors (Lipinski definition) is 3. The molecule has 0 saturated heterocycles. The Morgan fingerprint density at radius 2 is 1.92 bits per heavy atom. The molecule has 80 valence electrons. The van der Waals surface area contributed by atoms with Crippen molar-refractivity contribution in [3.05, 3.63) is 0 Å². The molecule has 0 rings (SSSR count). The molecule has 0 radical (unpaired) electrons. The van der Waals surface area contributed by atoms with E-state index in [0.29, 0.717) is 13.0 Å². The zero-order valence-electron chi connectivity index (χ0n) is 8.63. The summed E-state index contributed by atoms with van der Waals surface area (Å²) in [7, 11) is 0. The number of unbranched alkanes of at least 4 members (excludes halogenated alkanes) is 3. The van der Waals surface area contributed by atoms with Gasteiger partial charge in [-0.25, -0.2) is 0 Å². The zero-order valence-corrected chi connectivity index (χ0v) is 8.63. The molecule has 0 amide bonds. The first kappa shape index (κ1) is 12.9. The second-order valence-electron chi connectivity index (χ2n) is 3.40. The van der Waals surface area contributed by atoms with Gasteiger partial charge >= 0.3 is 0 Å². The summed E-state index contributed by atoms with van der Waals surface area (Å²) in [6.07, 6.45) is 5.92. The molecule has 0 aliphatic rings. The molecule has 0 aliphatic heterocycles. The van der Waals surface area contributed by atoms with E-state index in [-0.39, 0.29) is 12.8 Å². The summed E-state index contributed by atoms with van der Waals surface area (Å²) >= 11 is 0. The predicted molar refractivity (Wildman–Crippen MR) is 54.5 cm³/mol. The fraction of sp³-hybridized carbons (Fsp3) is 1.00. The molecule has 0 spiro atoms. The molecule has 0 saturated carbocycles. The highest BCUT2D eigenvalue weighted by Crippen LogP contribution is 2.03. The first-order valence-electron chi connectivity index (χ1n) is 5.33. The quantitative estimate of drug-likeness (QED) is 0.378. The van der Waals surface area contributed by atoms with E-state index in [0.717, 1.165) is 12.8 Å². The van der Waals surface area contributed by atoms with E-state index in [4.69, 9.17) is 5.11 Å². The fourth-order valence-electron chi connectivity index (χ4n) is 1.21. The minimum Gasteiger partial charge on any atom is -0.396 e. The maximum Gasteiger partial charge on any atom is 0.104 e. The standard InChI is InChI=1S/C10H23NO2/c1-2-3-4-5-7-10(13)11-8-6-9-12/h10-13H,2-9H2,1H3. The number of nitrogens with one attached hydrogen (secondary N) is 1. The third-order valence-corrected chi connectivity index (χ3v) is 2.05. The second-order valence-corrected chi connectivity index (χ2v) is 3.40. The summed E-state index contributed by atoms with van der Waals surface area (Å²) in [4.78, 5) is 0. The number of aliphatic hydroxyl groups excluding tert-OH is 2. The molecule has 0 aromatic rings. The fourth-order valence-corrected chi connectivity index (χ4v) is 1.21. The molecule has 1 atom stereocenters. The highest BCUT2D eigenvalue weighted by atomic mass is 16.3. The minimum absolute atomic E-state index is 0.190. The van der Waals surface area contributed by atoms with Crippen LogP contribution in [0.1, 0.15) is 45.4 Å². The molecular weight excluding hydrogens is 166 g/mol. The van der Waals surface area contributed by atoms with Crippen molar-refractivity contribution in [2.24, 2.45) is 0 Å². The van der Waals surface area contributed by atoms with Crippen molar-refractivity contribution >= 4 is 0 Å². The Labute approximate surface area is 81.2 Å². The molecule has 3 heteroatoms. The van der Waals surface area contributed by atoms with E-state index in [1.165, 1.54) is 19.3 Å². The van der Waals surface area contributed by atoms with Crippen LogP contribution in [0.4, 0.5) is 0 Å². The van der Waals surface area contributed by atoms with E-state index >= 15 is 0 Å². The lowest BCUT2D eigenvalue weighted by molar-refractivity contribution is 0.121.